The smallest absolute Gasteiger partial charge is 0.262 e. The second-order valence-corrected chi connectivity index (χ2v) is 9.06. The first kappa shape index (κ1) is 23.6. The van der Waals surface area contributed by atoms with Gasteiger partial charge in [-0.1, -0.05) is 41.9 Å². The molecule has 0 saturated heterocycles. The second-order valence-electron chi connectivity index (χ2n) is 6.91. The standard InChI is InChI=1S/C23H23ClN2O5S/c1-16(17-6-4-3-5-7-17)26-32(28,29)20-11-9-19(10-12-20)31-15-23(27)25-21-14-18(24)8-13-22(21)30-2/h3-14,16,26H,15H2,1-2H3,(H,25,27)/t16-/m1/s1. The van der Waals surface area contributed by atoms with Gasteiger partial charge in [0.1, 0.15) is 11.5 Å². The van der Waals surface area contributed by atoms with Crippen LogP contribution >= 0.6 is 11.6 Å². The maximum atomic E-state index is 12.6. The Hall–Kier alpha value is -3.07. The van der Waals surface area contributed by atoms with Gasteiger partial charge in [-0.25, -0.2) is 13.1 Å². The quantitative estimate of drug-likeness (QED) is 0.479. The lowest BCUT2D eigenvalue weighted by Gasteiger charge is -2.15. The zero-order chi connectivity index (χ0) is 23.1. The van der Waals surface area contributed by atoms with Gasteiger partial charge in [-0.3, -0.25) is 4.79 Å². The molecule has 3 rings (SSSR count). The van der Waals surface area contributed by atoms with Crippen molar-refractivity contribution < 1.29 is 22.7 Å². The lowest BCUT2D eigenvalue weighted by atomic mass is 10.1. The van der Waals surface area contributed by atoms with Gasteiger partial charge in [0.15, 0.2) is 6.61 Å². The van der Waals surface area contributed by atoms with Gasteiger partial charge in [-0.05, 0) is 55.0 Å². The molecule has 32 heavy (non-hydrogen) atoms. The number of carbonyl (C=O) groups excluding carboxylic acids is 1. The Morgan fingerprint density at radius 1 is 1.03 bits per heavy atom. The van der Waals surface area contributed by atoms with E-state index in [2.05, 4.69) is 10.0 Å². The normalized spacial score (nSPS) is 12.1. The molecule has 0 unspecified atom stereocenters. The number of hydrogen-bond acceptors (Lipinski definition) is 5. The Balaban J connectivity index is 1.58. The molecule has 0 aliphatic heterocycles. The third-order valence-electron chi connectivity index (χ3n) is 4.57. The maximum Gasteiger partial charge on any atom is 0.262 e. The van der Waals surface area contributed by atoms with Gasteiger partial charge < -0.3 is 14.8 Å². The van der Waals surface area contributed by atoms with Gasteiger partial charge in [0.2, 0.25) is 10.0 Å². The Morgan fingerprint density at radius 3 is 2.38 bits per heavy atom. The summed E-state index contributed by atoms with van der Waals surface area (Å²) in [6, 6.07) is 19.6. The molecule has 0 aliphatic carbocycles. The molecule has 0 saturated carbocycles. The number of methoxy groups -OCH3 is 1. The lowest BCUT2D eigenvalue weighted by molar-refractivity contribution is -0.118. The summed E-state index contributed by atoms with van der Waals surface area (Å²) in [5.74, 6) is 0.406. The van der Waals surface area contributed by atoms with Crippen LogP contribution in [0.15, 0.2) is 77.7 Å². The van der Waals surface area contributed by atoms with E-state index in [0.717, 1.165) is 5.56 Å². The van der Waals surface area contributed by atoms with E-state index in [1.54, 1.807) is 25.1 Å². The van der Waals surface area contributed by atoms with Crippen molar-refractivity contribution in [3.8, 4) is 11.5 Å². The fraction of sp³-hybridized carbons (Fsp3) is 0.174. The molecule has 3 aromatic carbocycles. The van der Waals surface area contributed by atoms with E-state index >= 15 is 0 Å². The number of rotatable bonds is 9. The summed E-state index contributed by atoms with van der Waals surface area (Å²) in [7, 11) is -2.23. The molecule has 7 nitrogen and oxygen atoms in total. The fourth-order valence-corrected chi connectivity index (χ4v) is 4.34. The summed E-state index contributed by atoms with van der Waals surface area (Å²) in [5.41, 5.74) is 1.28. The van der Waals surface area contributed by atoms with Gasteiger partial charge in [0, 0.05) is 11.1 Å². The lowest BCUT2D eigenvalue weighted by Crippen LogP contribution is -2.26. The molecular weight excluding hydrogens is 452 g/mol. The summed E-state index contributed by atoms with van der Waals surface area (Å²) < 4.78 is 38.6. The van der Waals surface area contributed by atoms with E-state index in [1.165, 1.54) is 31.4 Å². The van der Waals surface area contributed by atoms with Crippen LogP contribution in [-0.2, 0) is 14.8 Å². The minimum Gasteiger partial charge on any atom is -0.495 e. The minimum atomic E-state index is -3.72. The molecule has 1 amide bonds. The van der Waals surface area contributed by atoms with Crippen LogP contribution in [0, 0.1) is 0 Å². The molecule has 168 valence electrons. The average molecular weight is 475 g/mol. The van der Waals surface area contributed by atoms with E-state index in [4.69, 9.17) is 21.1 Å². The largest absolute Gasteiger partial charge is 0.495 e. The number of nitrogens with one attached hydrogen (secondary N) is 2. The monoisotopic (exact) mass is 474 g/mol. The van der Waals surface area contributed by atoms with Crippen molar-refractivity contribution >= 4 is 33.2 Å². The van der Waals surface area contributed by atoms with E-state index < -0.39 is 15.9 Å². The number of benzene rings is 3. The molecule has 3 aromatic rings. The molecular formula is C23H23ClN2O5S. The number of anilines is 1. The molecule has 0 heterocycles. The van der Waals surface area contributed by atoms with Crippen molar-refractivity contribution in [1.29, 1.82) is 0 Å². The number of carbonyl (C=O) groups is 1. The Kier molecular flexibility index (Phi) is 7.74. The van der Waals surface area contributed by atoms with Gasteiger partial charge in [-0.15, -0.1) is 0 Å². The van der Waals surface area contributed by atoms with Crippen LogP contribution in [0.2, 0.25) is 5.02 Å². The number of ether oxygens (including phenoxy) is 2. The van der Waals surface area contributed by atoms with Crippen molar-refractivity contribution in [2.75, 3.05) is 19.0 Å². The number of halogens is 1. The Morgan fingerprint density at radius 2 is 1.72 bits per heavy atom. The SMILES string of the molecule is COc1ccc(Cl)cc1NC(=O)COc1ccc(S(=O)(=O)N[C@H](C)c2ccccc2)cc1. The van der Waals surface area contributed by atoms with Crippen molar-refractivity contribution in [1.82, 2.24) is 4.72 Å². The topological polar surface area (TPSA) is 93.7 Å². The van der Waals surface area contributed by atoms with Gasteiger partial charge >= 0.3 is 0 Å². The van der Waals surface area contributed by atoms with E-state index in [-0.39, 0.29) is 17.5 Å². The van der Waals surface area contributed by atoms with Gasteiger partial charge in [0.05, 0.1) is 17.7 Å². The van der Waals surface area contributed by atoms with Crippen molar-refractivity contribution in [3.63, 3.8) is 0 Å². The van der Waals surface area contributed by atoms with Crippen LogP contribution in [-0.4, -0.2) is 28.0 Å². The van der Waals surface area contributed by atoms with E-state index in [0.29, 0.717) is 22.2 Å². The summed E-state index contributed by atoms with van der Waals surface area (Å²) >= 11 is 5.96. The first-order valence-corrected chi connectivity index (χ1v) is 11.6. The molecule has 1 atom stereocenters. The maximum absolute atomic E-state index is 12.6. The third kappa shape index (κ3) is 6.23. The highest BCUT2D eigenvalue weighted by Gasteiger charge is 2.18. The molecule has 0 spiro atoms. The fourth-order valence-electron chi connectivity index (χ4n) is 2.94. The zero-order valence-corrected chi connectivity index (χ0v) is 19.1. The predicted molar refractivity (Wildman–Crippen MR) is 124 cm³/mol. The number of sulfonamides is 1. The first-order chi connectivity index (χ1) is 15.3. The average Bonchev–Trinajstić information content (AvgIpc) is 2.78. The molecule has 0 radical (unpaired) electrons. The van der Waals surface area contributed by atoms with Crippen molar-refractivity contribution in [3.05, 3.63) is 83.4 Å². The van der Waals surface area contributed by atoms with Gasteiger partial charge in [0.25, 0.3) is 5.91 Å². The highest BCUT2D eigenvalue weighted by molar-refractivity contribution is 7.89. The number of hydrogen-bond donors (Lipinski definition) is 2. The van der Waals surface area contributed by atoms with Crippen molar-refractivity contribution in [2.24, 2.45) is 0 Å². The molecule has 0 bridgehead atoms. The summed E-state index contributed by atoms with van der Waals surface area (Å²) in [6.07, 6.45) is 0. The third-order valence-corrected chi connectivity index (χ3v) is 6.36. The Labute approximate surface area is 192 Å². The summed E-state index contributed by atoms with van der Waals surface area (Å²) in [4.78, 5) is 12.3. The summed E-state index contributed by atoms with van der Waals surface area (Å²) in [6.45, 7) is 1.50. The second kappa shape index (κ2) is 10.5. The Bertz CT molecular complexity index is 1170. The van der Waals surface area contributed by atoms with Crippen LogP contribution in [0.3, 0.4) is 0 Å². The highest BCUT2D eigenvalue weighted by Crippen LogP contribution is 2.27. The van der Waals surface area contributed by atoms with E-state index in [1.807, 2.05) is 30.3 Å². The predicted octanol–water partition coefficient (Wildman–Crippen LogP) is 4.41. The molecule has 0 aliphatic rings. The van der Waals surface area contributed by atoms with Crippen LogP contribution in [0.4, 0.5) is 5.69 Å². The first-order valence-electron chi connectivity index (χ1n) is 9.72. The van der Waals surface area contributed by atoms with Crippen molar-refractivity contribution in [2.45, 2.75) is 17.9 Å². The highest BCUT2D eigenvalue weighted by atomic mass is 35.5. The zero-order valence-electron chi connectivity index (χ0n) is 17.5. The molecule has 0 fully saturated rings. The minimum absolute atomic E-state index is 0.0979. The van der Waals surface area contributed by atoms with Crippen LogP contribution in [0.1, 0.15) is 18.5 Å². The van der Waals surface area contributed by atoms with E-state index in [9.17, 15) is 13.2 Å². The molecule has 0 aromatic heterocycles. The summed E-state index contributed by atoms with van der Waals surface area (Å²) in [5, 5.41) is 3.12. The molecule has 9 heteroatoms. The van der Waals surface area contributed by atoms with Crippen LogP contribution < -0.4 is 19.5 Å². The van der Waals surface area contributed by atoms with Crippen LogP contribution in [0.5, 0.6) is 11.5 Å². The van der Waals surface area contributed by atoms with Crippen LogP contribution in [0.25, 0.3) is 0 Å². The number of amides is 1. The van der Waals surface area contributed by atoms with Gasteiger partial charge in [-0.2, -0.15) is 0 Å². The molecule has 2 N–H and O–H groups in total.